The summed E-state index contributed by atoms with van der Waals surface area (Å²) < 4.78 is 0. The molecule has 0 saturated heterocycles. The van der Waals surface area contributed by atoms with Crippen LogP contribution in [0.2, 0.25) is 0 Å². The highest BCUT2D eigenvalue weighted by atomic mass is 32.2. The second-order valence-electron chi connectivity index (χ2n) is 5.02. The zero-order chi connectivity index (χ0) is 12.8. The van der Waals surface area contributed by atoms with E-state index in [2.05, 4.69) is 55.2 Å². The van der Waals surface area contributed by atoms with Gasteiger partial charge in [0.2, 0.25) is 0 Å². The van der Waals surface area contributed by atoms with Gasteiger partial charge in [0.05, 0.1) is 0 Å². The van der Waals surface area contributed by atoms with Gasteiger partial charge < -0.3 is 5.32 Å². The predicted octanol–water partition coefficient (Wildman–Crippen LogP) is 4.19. The number of rotatable bonds is 5. The van der Waals surface area contributed by atoms with Crippen molar-refractivity contribution in [1.82, 2.24) is 5.32 Å². The summed E-state index contributed by atoms with van der Waals surface area (Å²) in [6, 6.07) is 9.57. The van der Waals surface area contributed by atoms with E-state index in [1.807, 2.05) is 0 Å². The first-order chi connectivity index (χ1) is 8.86. The van der Waals surface area contributed by atoms with Crippen LogP contribution in [0.1, 0.15) is 50.3 Å². The molecule has 0 spiro atoms. The van der Waals surface area contributed by atoms with Crippen molar-refractivity contribution in [2.45, 2.75) is 50.8 Å². The van der Waals surface area contributed by atoms with Crippen LogP contribution in [0, 0.1) is 0 Å². The van der Waals surface area contributed by atoms with Gasteiger partial charge in [-0.2, -0.15) is 11.8 Å². The van der Waals surface area contributed by atoms with Crippen molar-refractivity contribution in [3.05, 3.63) is 35.4 Å². The standard InChI is InChI=1S/C16H25NS/c1-3-12-17-16-14-10-6-5-8-13(14)9-7-11-15(16)18-4-2/h5-6,8,10,15-17H,3-4,7,9,11-12H2,1-2H3. The molecule has 1 nitrogen and oxygen atoms in total. The van der Waals surface area contributed by atoms with E-state index in [4.69, 9.17) is 0 Å². The first-order valence-electron chi connectivity index (χ1n) is 7.29. The molecule has 1 aliphatic rings. The average molecular weight is 263 g/mol. The minimum absolute atomic E-state index is 0.550. The van der Waals surface area contributed by atoms with Crippen molar-refractivity contribution < 1.29 is 0 Å². The van der Waals surface area contributed by atoms with Gasteiger partial charge >= 0.3 is 0 Å². The summed E-state index contributed by atoms with van der Waals surface area (Å²) in [5, 5.41) is 4.52. The zero-order valence-electron chi connectivity index (χ0n) is 11.6. The molecule has 2 heteroatoms. The van der Waals surface area contributed by atoms with Gasteiger partial charge in [0.15, 0.2) is 0 Å². The lowest BCUT2D eigenvalue weighted by atomic mass is 9.99. The number of benzene rings is 1. The van der Waals surface area contributed by atoms with E-state index >= 15 is 0 Å². The largest absolute Gasteiger partial charge is 0.309 e. The Hall–Kier alpha value is -0.470. The van der Waals surface area contributed by atoms with Crippen molar-refractivity contribution in [3.63, 3.8) is 0 Å². The summed E-state index contributed by atoms with van der Waals surface area (Å²) in [6.45, 7) is 5.65. The van der Waals surface area contributed by atoms with Crippen molar-refractivity contribution >= 4 is 11.8 Å². The average Bonchev–Trinajstić information content (AvgIpc) is 2.56. The summed E-state index contributed by atoms with van der Waals surface area (Å²) in [5.74, 6) is 1.22. The van der Waals surface area contributed by atoms with Crippen molar-refractivity contribution in [2.24, 2.45) is 0 Å². The van der Waals surface area contributed by atoms with Gasteiger partial charge in [-0.15, -0.1) is 0 Å². The summed E-state index contributed by atoms with van der Waals surface area (Å²) in [5.41, 5.74) is 3.11. The fourth-order valence-corrected chi connectivity index (χ4v) is 4.06. The summed E-state index contributed by atoms with van der Waals surface area (Å²) in [6.07, 6.45) is 5.14. The van der Waals surface area contributed by atoms with Gasteiger partial charge in [-0.25, -0.2) is 0 Å². The molecule has 2 rings (SSSR count). The van der Waals surface area contributed by atoms with Crippen LogP contribution in [-0.2, 0) is 6.42 Å². The summed E-state index contributed by atoms with van der Waals surface area (Å²) >= 11 is 2.13. The van der Waals surface area contributed by atoms with E-state index in [9.17, 15) is 0 Å². The smallest absolute Gasteiger partial charge is 0.0443 e. The van der Waals surface area contributed by atoms with Gasteiger partial charge in [0, 0.05) is 11.3 Å². The van der Waals surface area contributed by atoms with Crippen molar-refractivity contribution in [1.29, 1.82) is 0 Å². The minimum Gasteiger partial charge on any atom is -0.309 e. The molecule has 1 aromatic rings. The fraction of sp³-hybridized carbons (Fsp3) is 0.625. The lowest BCUT2D eigenvalue weighted by molar-refractivity contribution is 0.501. The Morgan fingerprint density at radius 3 is 2.89 bits per heavy atom. The van der Waals surface area contributed by atoms with Gasteiger partial charge in [-0.1, -0.05) is 38.1 Å². The maximum absolute atomic E-state index is 3.78. The minimum atomic E-state index is 0.550. The molecule has 0 fully saturated rings. The van der Waals surface area contributed by atoms with Gasteiger partial charge in [-0.05, 0) is 49.1 Å². The van der Waals surface area contributed by atoms with Gasteiger partial charge in [-0.3, -0.25) is 0 Å². The molecule has 2 unspecified atom stereocenters. The van der Waals surface area contributed by atoms with Crippen LogP contribution in [0.5, 0.6) is 0 Å². The van der Waals surface area contributed by atoms with E-state index in [0.29, 0.717) is 6.04 Å². The monoisotopic (exact) mass is 263 g/mol. The SMILES string of the molecule is CCCNC1c2ccccc2CCCC1SCC. The van der Waals surface area contributed by atoms with E-state index in [-0.39, 0.29) is 0 Å². The van der Waals surface area contributed by atoms with E-state index in [0.717, 1.165) is 11.8 Å². The molecule has 100 valence electrons. The molecule has 0 amide bonds. The van der Waals surface area contributed by atoms with E-state index in [1.54, 1.807) is 11.1 Å². The molecule has 1 N–H and O–H groups in total. The normalized spacial score (nSPS) is 23.4. The lowest BCUT2D eigenvalue weighted by Gasteiger charge is -2.27. The van der Waals surface area contributed by atoms with Crippen LogP contribution in [-0.4, -0.2) is 17.5 Å². The molecule has 18 heavy (non-hydrogen) atoms. The Kier molecular flexibility index (Phi) is 5.58. The molecular weight excluding hydrogens is 238 g/mol. The Morgan fingerprint density at radius 2 is 2.11 bits per heavy atom. The predicted molar refractivity (Wildman–Crippen MR) is 82.3 cm³/mol. The fourth-order valence-electron chi connectivity index (χ4n) is 2.86. The molecule has 0 aliphatic heterocycles. The second kappa shape index (κ2) is 7.20. The number of thioether (sulfide) groups is 1. The maximum Gasteiger partial charge on any atom is 0.0443 e. The molecule has 1 aliphatic carbocycles. The van der Waals surface area contributed by atoms with Crippen molar-refractivity contribution in [2.75, 3.05) is 12.3 Å². The highest BCUT2D eigenvalue weighted by Crippen LogP contribution is 2.35. The van der Waals surface area contributed by atoms with Crippen LogP contribution in [0.15, 0.2) is 24.3 Å². The third kappa shape index (κ3) is 3.30. The molecule has 0 heterocycles. The van der Waals surface area contributed by atoms with E-state index < -0.39 is 0 Å². The van der Waals surface area contributed by atoms with Crippen LogP contribution < -0.4 is 5.32 Å². The highest BCUT2D eigenvalue weighted by Gasteiger charge is 2.26. The topological polar surface area (TPSA) is 12.0 Å². The lowest BCUT2D eigenvalue weighted by Crippen LogP contribution is -2.30. The van der Waals surface area contributed by atoms with Crippen LogP contribution in [0.25, 0.3) is 0 Å². The first kappa shape index (κ1) is 14.0. The maximum atomic E-state index is 3.78. The third-order valence-electron chi connectivity index (χ3n) is 3.69. The van der Waals surface area contributed by atoms with Crippen LogP contribution in [0.3, 0.4) is 0 Å². The second-order valence-corrected chi connectivity index (χ2v) is 6.53. The highest BCUT2D eigenvalue weighted by molar-refractivity contribution is 7.99. The van der Waals surface area contributed by atoms with Gasteiger partial charge in [0.25, 0.3) is 0 Å². The van der Waals surface area contributed by atoms with Crippen LogP contribution >= 0.6 is 11.8 Å². The summed E-state index contributed by atoms with van der Waals surface area (Å²) in [7, 11) is 0. The van der Waals surface area contributed by atoms with Gasteiger partial charge in [0.1, 0.15) is 0 Å². The van der Waals surface area contributed by atoms with Crippen LogP contribution in [0.4, 0.5) is 0 Å². The number of hydrogen-bond acceptors (Lipinski definition) is 2. The molecule has 0 saturated carbocycles. The van der Waals surface area contributed by atoms with E-state index in [1.165, 1.54) is 31.4 Å². The molecule has 0 aromatic heterocycles. The molecule has 0 radical (unpaired) electrons. The first-order valence-corrected chi connectivity index (χ1v) is 8.34. The zero-order valence-corrected chi connectivity index (χ0v) is 12.4. The Labute approximate surface area is 116 Å². The molecule has 2 atom stereocenters. The Balaban J connectivity index is 2.24. The third-order valence-corrected chi connectivity index (χ3v) is 4.96. The number of nitrogens with one attached hydrogen (secondary N) is 1. The Bertz CT molecular complexity index is 364. The number of fused-ring (bicyclic) bond motifs is 1. The number of hydrogen-bond donors (Lipinski definition) is 1. The quantitative estimate of drug-likeness (QED) is 0.800. The molecule has 0 bridgehead atoms. The number of aryl methyl sites for hydroxylation is 1. The molecular formula is C16H25NS. The molecule has 1 aromatic carbocycles. The Morgan fingerprint density at radius 1 is 1.28 bits per heavy atom. The van der Waals surface area contributed by atoms with Crippen molar-refractivity contribution in [3.8, 4) is 0 Å². The summed E-state index contributed by atoms with van der Waals surface area (Å²) in [4.78, 5) is 0.